The van der Waals surface area contributed by atoms with Crippen LogP contribution in [0.5, 0.6) is 0 Å². The number of hydrogen-bond acceptors (Lipinski definition) is 2. The van der Waals surface area contributed by atoms with Crippen LogP contribution in [0.25, 0.3) is 5.76 Å². The molecule has 1 aliphatic rings. The van der Waals surface area contributed by atoms with Gasteiger partial charge >= 0.3 is 0 Å². The molecule has 1 aromatic rings. The lowest BCUT2D eigenvalue weighted by molar-refractivity contribution is 0.509. The molecule has 1 N–H and O–H groups in total. The average molecular weight is 182 g/mol. The van der Waals surface area contributed by atoms with E-state index >= 15 is 0 Å². The fourth-order valence-electron chi connectivity index (χ4n) is 1.02. The molecule has 0 spiro atoms. The fourth-order valence-corrected chi connectivity index (χ4v) is 1.13. The van der Waals surface area contributed by atoms with Gasteiger partial charge in [-0.2, -0.15) is 0 Å². The van der Waals surface area contributed by atoms with Crippen molar-refractivity contribution >= 4 is 17.4 Å². The maximum Gasteiger partial charge on any atom is 0.129 e. The number of aliphatic hydroxyl groups is 1. The van der Waals surface area contributed by atoms with Crippen LogP contribution >= 0.6 is 11.6 Å². The van der Waals surface area contributed by atoms with Gasteiger partial charge in [-0.3, -0.25) is 0 Å². The molecule has 0 bridgehead atoms. The summed E-state index contributed by atoms with van der Waals surface area (Å²) in [6.07, 6.45) is 3.60. The van der Waals surface area contributed by atoms with Crippen LogP contribution in [0.2, 0.25) is 5.15 Å². The molecule has 0 aromatic carbocycles. The van der Waals surface area contributed by atoms with Crippen molar-refractivity contribution < 1.29 is 5.11 Å². The summed E-state index contributed by atoms with van der Waals surface area (Å²) < 4.78 is 0. The first-order valence-corrected chi connectivity index (χ1v) is 4.18. The van der Waals surface area contributed by atoms with E-state index in [-0.39, 0.29) is 0 Å². The van der Waals surface area contributed by atoms with E-state index in [1.54, 1.807) is 18.3 Å². The lowest BCUT2D eigenvalue weighted by atomic mass is 10.2. The predicted octanol–water partition coefficient (Wildman–Crippen LogP) is 2.80. The molecule has 12 heavy (non-hydrogen) atoms. The number of nitrogens with zero attached hydrogens (tertiary/aromatic N) is 1. The summed E-state index contributed by atoms with van der Waals surface area (Å²) in [6.45, 7) is 0. The van der Waals surface area contributed by atoms with Crippen molar-refractivity contribution in [1.29, 1.82) is 0 Å². The molecule has 2 nitrogen and oxygen atoms in total. The molecule has 1 fully saturated rings. The van der Waals surface area contributed by atoms with Crippen molar-refractivity contribution in [2.75, 3.05) is 0 Å². The first-order valence-electron chi connectivity index (χ1n) is 3.80. The predicted molar refractivity (Wildman–Crippen MR) is 48.0 cm³/mol. The summed E-state index contributed by atoms with van der Waals surface area (Å²) in [6, 6.07) is 3.45. The monoisotopic (exact) mass is 181 g/mol. The van der Waals surface area contributed by atoms with E-state index in [2.05, 4.69) is 4.98 Å². The van der Waals surface area contributed by atoms with Gasteiger partial charge in [0.25, 0.3) is 0 Å². The molecule has 1 saturated carbocycles. The minimum absolute atomic E-state index is 0.374. The average Bonchev–Trinajstić information content (AvgIpc) is 2.87. The van der Waals surface area contributed by atoms with Crippen LogP contribution in [-0.4, -0.2) is 10.1 Å². The Labute approximate surface area is 75.5 Å². The van der Waals surface area contributed by atoms with Crippen LogP contribution in [0.3, 0.4) is 0 Å². The summed E-state index contributed by atoms with van der Waals surface area (Å²) in [5.74, 6) is 0.374. The molecule has 2 rings (SSSR count). The number of aromatic nitrogens is 1. The Bertz CT molecular complexity index is 323. The normalized spacial score (nSPS) is 14.6. The summed E-state index contributed by atoms with van der Waals surface area (Å²) >= 11 is 5.60. The third-order valence-corrected chi connectivity index (χ3v) is 2.06. The molecule has 0 radical (unpaired) electrons. The van der Waals surface area contributed by atoms with Gasteiger partial charge in [0.2, 0.25) is 0 Å². The second kappa shape index (κ2) is 2.79. The topological polar surface area (TPSA) is 33.1 Å². The SMILES string of the molecule is OC(=C1CC1)c1ccc(Cl)nc1. The van der Waals surface area contributed by atoms with Crippen LogP contribution in [0, 0.1) is 0 Å². The van der Waals surface area contributed by atoms with E-state index in [9.17, 15) is 5.11 Å². The Balaban J connectivity index is 2.35. The summed E-state index contributed by atoms with van der Waals surface area (Å²) in [4.78, 5) is 3.88. The minimum Gasteiger partial charge on any atom is -0.507 e. The van der Waals surface area contributed by atoms with Crippen LogP contribution < -0.4 is 0 Å². The molecular weight excluding hydrogens is 174 g/mol. The highest BCUT2D eigenvalue weighted by Gasteiger charge is 2.18. The van der Waals surface area contributed by atoms with Gasteiger partial charge in [-0.1, -0.05) is 11.6 Å². The molecule has 0 atom stereocenters. The Morgan fingerprint density at radius 1 is 1.42 bits per heavy atom. The third-order valence-electron chi connectivity index (χ3n) is 1.84. The van der Waals surface area contributed by atoms with E-state index in [4.69, 9.17) is 11.6 Å². The molecule has 62 valence electrons. The first kappa shape index (κ1) is 7.62. The van der Waals surface area contributed by atoms with Crippen LogP contribution in [0.1, 0.15) is 18.4 Å². The molecular formula is C9H8ClNO. The van der Waals surface area contributed by atoms with Gasteiger partial charge in [0.05, 0.1) is 0 Å². The molecule has 0 saturated heterocycles. The zero-order valence-electron chi connectivity index (χ0n) is 6.42. The highest BCUT2D eigenvalue weighted by Crippen LogP contribution is 2.34. The van der Waals surface area contributed by atoms with E-state index in [1.807, 2.05) is 0 Å². The molecule has 0 amide bonds. The summed E-state index contributed by atoms with van der Waals surface area (Å²) in [7, 11) is 0. The van der Waals surface area contributed by atoms with Crippen LogP contribution in [0.4, 0.5) is 0 Å². The quantitative estimate of drug-likeness (QED) is 0.534. The fraction of sp³-hybridized carbons (Fsp3) is 0.222. The lowest BCUT2D eigenvalue weighted by Gasteiger charge is -1.97. The number of halogens is 1. The number of pyridine rings is 1. The van der Waals surface area contributed by atoms with E-state index < -0.39 is 0 Å². The summed E-state index contributed by atoms with van der Waals surface area (Å²) in [5, 5.41) is 10.00. The van der Waals surface area contributed by atoms with Gasteiger partial charge in [0.15, 0.2) is 0 Å². The van der Waals surface area contributed by atoms with E-state index in [1.165, 1.54) is 0 Å². The molecule has 0 unspecified atom stereocenters. The minimum atomic E-state index is 0.374. The number of allylic oxidation sites excluding steroid dienone is 1. The van der Waals surface area contributed by atoms with Gasteiger partial charge in [-0.05, 0) is 30.5 Å². The van der Waals surface area contributed by atoms with Gasteiger partial charge in [0, 0.05) is 11.8 Å². The Kier molecular flexibility index (Phi) is 1.77. The van der Waals surface area contributed by atoms with Crippen molar-refractivity contribution in [3.05, 3.63) is 34.6 Å². The van der Waals surface area contributed by atoms with Crippen molar-refractivity contribution in [2.24, 2.45) is 0 Å². The van der Waals surface area contributed by atoms with Gasteiger partial charge in [-0.25, -0.2) is 4.98 Å². The third kappa shape index (κ3) is 1.43. The van der Waals surface area contributed by atoms with E-state index in [0.29, 0.717) is 10.9 Å². The maximum atomic E-state index is 9.55. The number of aliphatic hydroxyl groups excluding tert-OH is 1. The Morgan fingerprint density at radius 3 is 2.67 bits per heavy atom. The molecule has 1 aliphatic carbocycles. The molecule has 1 heterocycles. The summed E-state index contributed by atoms with van der Waals surface area (Å²) in [5.41, 5.74) is 1.87. The Hall–Kier alpha value is -1.02. The Morgan fingerprint density at radius 2 is 2.17 bits per heavy atom. The zero-order chi connectivity index (χ0) is 8.55. The zero-order valence-corrected chi connectivity index (χ0v) is 7.17. The molecule has 1 aromatic heterocycles. The molecule has 0 aliphatic heterocycles. The smallest absolute Gasteiger partial charge is 0.129 e. The molecule has 3 heteroatoms. The lowest BCUT2D eigenvalue weighted by Crippen LogP contribution is -1.84. The largest absolute Gasteiger partial charge is 0.507 e. The van der Waals surface area contributed by atoms with Gasteiger partial charge in [-0.15, -0.1) is 0 Å². The second-order valence-electron chi connectivity index (χ2n) is 2.82. The first-order chi connectivity index (χ1) is 5.77. The van der Waals surface area contributed by atoms with Gasteiger partial charge in [0.1, 0.15) is 10.9 Å². The highest BCUT2D eigenvalue weighted by atomic mass is 35.5. The highest BCUT2D eigenvalue weighted by molar-refractivity contribution is 6.29. The van der Waals surface area contributed by atoms with Crippen molar-refractivity contribution in [3.63, 3.8) is 0 Å². The van der Waals surface area contributed by atoms with Crippen LogP contribution in [0.15, 0.2) is 23.9 Å². The second-order valence-corrected chi connectivity index (χ2v) is 3.21. The number of hydrogen-bond donors (Lipinski definition) is 1. The van der Waals surface area contributed by atoms with Crippen molar-refractivity contribution in [1.82, 2.24) is 4.98 Å². The number of rotatable bonds is 1. The standard InChI is InChI=1S/C9H8ClNO/c10-8-4-3-7(5-11-8)9(12)6-1-2-6/h3-5,12H,1-2H2. The maximum absolute atomic E-state index is 9.55. The van der Waals surface area contributed by atoms with E-state index in [0.717, 1.165) is 24.0 Å². The van der Waals surface area contributed by atoms with Gasteiger partial charge < -0.3 is 5.11 Å². The van der Waals surface area contributed by atoms with Crippen LogP contribution in [-0.2, 0) is 0 Å². The van der Waals surface area contributed by atoms with Crippen molar-refractivity contribution in [2.45, 2.75) is 12.8 Å². The van der Waals surface area contributed by atoms with Crippen molar-refractivity contribution in [3.8, 4) is 0 Å².